The van der Waals surface area contributed by atoms with E-state index >= 15 is 0 Å². The molecule has 0 unspecified atom stereocenters. The summed E-state index contributed by atoms with van der Waals surface area (Å²) < 4.78 is 34.2. The maximum absolute atomic E-state index is 12.4. The van der Waals surface area contributed by atoms with Crippen molar-refractivity contribution in [3.05, 3.63) is 23.8 Å². The van der Waals surface area contributed by atoms with E-state index in [2.05, 4.69) is 17.0 Å². The summed E-state index contributed by atoms with van der Waals surface area (Å²) in [6.45, 7) is -0.000319. The van der Waals surface area contributed by atoms with E-state index in [0.29, 0.717) is 12.3 Å². The lowest BCUT2D eigenvalue weighted by Crippen LogP contribution is -2.38. The number of hydrogen-bond acceptors (Lipinski definition) is 3. The second kappa shape index (κ2) is 6.39. The van der Waals surface area contributed by atoms with Crippen molar-refractivity contribution < 1.29 is 18.3 Å². The van der Waals surface area contributed by atoms with Crippen molar-refractivity contribution >= 4 is 0 Å². The predicted octanol–water partition coefficient (Wildman–Crippen LogP) is 3.72. The fraction of sp³-hybridized carbons (Fsp3) is 0.600. The van der Waals surface area contributed by atoms with Gasteiger partial charge >= 0.3 is 6.61 Å². The molecule has 20 heavy (non-hydrogen) atoms. The molecule has 0 saturated heterocycles. The van der Waals surface area contributed by atoms with Crippen LogP contribution in [0.3, 0.4) is 0 Å². The molecule has 1 fully saturated rings. The monoisotopic (exact) mass is 285 g/mol. The highest BCUT2D eigenvalue weighted by Crippen LogP contribution is 2.31. The molecule has 112 valence electrons. The van der Waals surface area contributed by atoms with Crippen molar-refractivity contribution in [2.24, 2.45) is 0 Å². The molecular weight excluding hydrogens is 264 g/mol. The van der Waals surface area contributed by atoms with Crippen LogP contribution in [-0.2, 0) is 6.54 Å². The minimum absolute atomic E-state index is 0.0818. The van der Waals surface area contributed by atoms with Crippen LogP contribution < -0.4 is 14.8 Å². The highest BCUT2D eigenvalue weighted by molar-refractivity contribution is 5.43. The number of rotatable bonds is 6. The zero-order chi connectivity index (χ0) is 14.6. The van der Waals surface area contributed by atoms with E-state index in [4.69, 9.17) is 4.74 Å². The van der Waals surface area contributed by atoms with Gasteiger partial charge in [0.25, 0.3) is 0 Å². The Kier molecular flexibility index (Phi) is 4.81. The Morgan fingerprint density at radius 2 is 1.95 bits per heavy atom. The molecule has 0 radical (unpaired) electrons. The largest absolute Gasteiger partial charge is 0.493 e. The van der Waals surface area contributed by atoms with Crippen LogP contribution in [0.15, 0.2) is 18.2 Å². The number of alkyl halides is 2. The number of nitrogens with one attached hydrogen (secondary N) is 1. The van der Waals surface area contributed by atoms with Gasteiger partial charge in [-0.3, -0.25) is 0 Å². The summed E-state index contributed by atoms with van der Waals surface area (Å²) in [4.78, 5) is 0. The van der Waals surface area contributed by atoms with E-state index in [-0.39, 0.29) is 11.3 Å². The summed E-state index contributed by atoms with van der Waals surface area (Å²) in [5, 5.41) is 3.51. The molecule has 1 aliphatic rings. The van der Waals surface area contributed by atoms with Crippen LogP contribution >= 0.6 is 0 Å². The van der Waals surface area contributed by atoms with Gasteiger partial charge < -0.3 is 14.8 Å². The Morgan fingerprint density at radius 3 is 2.55 bits per heavy atom. The summed E-state index contributed by atoms with van der Waals surface area (Å²) >= 11 is 0. The van der Waals surface area contributed by atoms with Gasteiger partial charge in [-0.05, 0) is 37.5 Å². The number of hydrogen-bond donors (Lipinski definition) is 1. The Hall–Kier alpha value is -1.36. The molecule has 1 aromatic carbocycles. The molecule has 1 aliphatic carbocycles. The molecule has 0 atom stereocenters. The van der Waals surface area contributed by atoms with Crippen molar-refractivity contribution in [2.75, 3.05) is 7.11 Å². The van der Waals surface area contributed by atoms with Crippen molar-refractivity contribution in [3.8, 4) is 11.5 Å². The normalized spacial score (nSPS) is 17.4. The van der Waals surface area contributed by atoms with Gasteiger partial charge in [0.15, 0.2) is 11.5 Å². The van der Waals surface area contributed by atoms with E-state index < -0.39 is 6.61 Å². The third kappa shape index (κ3) is 3.82. The average molecular weight is 285 g/mol. The number of benzene rings is 1. The third-order valence-electron chi connectivity index (χ3n) is 3.87. The van der Waals surface area contributed by atoms with Gasteiger partial charge in [-0.1, -0.05) is 18.9 Å². The summed E-state index contributed by atoms with van der Waals surface area (Å²) in [6, 6.07) is 5.13. The molecule has 0 amide bonds. The first kappa shape index (κ1) is 15.0. The standard InChI is InChI=1S/C15H21F2NO2/c1-15(7-3-4-8-15)18-10-11-5-6-12(19-2)13(9-11)20-14(16)17/h5-6,9,14,18H,3-4,7-8,10H2,1-2H3. The number of methoxy groups -OCH3 is 1. The van der Waals surface area contributed by atoms with Gasteiger partial charge in [0.05, 0.1) is 7.11 Å². The fourth-order valence-electron chi connectivity index (χ4n) is 2.67. The van der Waals surface area contributed by atoms with E-state index in [1.54, 1.807) is 12.1 Å². The molecule has 5 heteroatoms. The first-order valence-corrected chi connectivity index (χ1v) is 6.89. The summed E-state index contributed by atoms with van der Waals surface area (Å²) in [7, 11) is 1.44. The van der Waals surface area contributed by atoms with Crippen LogP contribution in [0.5, 0.6) is 11.5 Å². The second-order valence-electron chi connectivity index (χ2n) is 5.49. The fourth-order valence-corrected chi connectivity index (χ4v) is 2.67. The Morgan fingerprint density at radius 1 is 1.25 bits per heavy atom. The van der Waals surface area contributed by atoms with Crippen molar-refractivity contribution in [1.29, 1.82) is 0 Å². The van der Waals surface area contributed by atoms with Crippen LogP contribution in [0.1, 0.15) is 38.2 Å². The van der Waals surface area contributed by atoms with Crippen LogP contribution in [0, 0.1) is 0 Å². The lowest BCUT2D eigenvalue weighted by Gasteiger charge is -2.25. The topological polar surface area (TPSA) is 30.5 Å². The van der Waals surface area contributed by atoms with Gasteiger partial charge in [0, 0.05) is 12.1 Å². The van der Waals surface area contributed by atoms with Gasteiger partial charge in [0.2, 0.25) is 0 Å². The first-order chi connectivity index (χ1) is 9.52. The Bertz CT molecular complexity index is 445. The van der Waals surface area contributed by atoms with E-state index in [9.17, 15) is 8.78 Å². The average Bonchev–Trinajstić information content (AvgIpc) is 2.83. The zero-order valence-electron chi connectivity index (χ0n) is 11.9. The minimum atomic E-state index is -2.85. The van der Waals surface area contributed by atoms with Gasteiger partial charge in [-0.15, -0.1) is 0 Å². The smallest absolute Gasteiger partial charge is 0.387 e. The van der Waals surface area contributed by atoms with Crippen LogP contribution in [0.2, 0.25) is 0 Å². The molecule has 0 bridgehead atoms. The number of halogens is 2. The zero-order valence-corrected chi connectivity index (χ0v) is 11.9. The summed E-state index contributed by atoms with van der Waals surface area (Å²) in [6.07, 6.45) is 4.80. The highest BCUT2D eigenvalue weighted by atomic mass is 19.3. The summed E-state index contributed by atoms with van der Waals surface area (Å²) in [5.74, 6) is 0.402. The van der Waals surface area contributed by atoms with Crippen molar-refractivity contribution in [3.63, 3.8) is 0 Å². The van der Waals surface area contributed by atoms with E-state index in [1.165, 1.54) is 20.0 Å². The molecule has 0 aliphatic heterocycles. The second-order valence-corrected chi connectivity index (χ2v) is 5.49. The molecule has 0 spiro atoms. The molecule has 1 aromatic rings. The van der Waals surface area contributed by atoms with Crippen LogP contribution in [-0.4, -0.2) is 19.3 Å². The lowest BCUT2D eigenvalue weighted by molar-refractivity contribution is -0.0512. The molecule has 1 N–H and O–H groups in total. The quantitative estimate of drug-likeness (QED) is 0.864. The molecule has 1 saturated carbocycles. The van der Waals surface area contributed by atoms with Crippen molar-refractivity contribution in [1.82, 2.24) is 5.32 Å². The maximum Gasteiger partial charge on any atom is 0.387 e. The van der Waals surface area contributed by atoms with E-state index in [1.807, 2.05) is 6.07 Å². The first-order valence-electron chi connectivity index (χ1n) is 6.89. The van der Waals surface area contributed by atoms with Gasteiger partial charge in [-0.25, -0.2) is 0 Å². The lowest BCUT2D eigenvalue weighted by atomic mass is 10.0. The highest BCUT2D eigenvalue weighted by Gasteiger charge is 2.27. The van der Waals surface area contributed by atoms with Crippen LogP contribution in [0.4, 0.5) is 8.78 Å². The third-order valence-corrected chi connectivity index (χ3v) is 3.87. The maximum atomic E-state index is 12.4. The molecule has 0 aromatic heterocycles. The van der Waals surface area contributed by atoms with Crippen LogP contribution in [0.25, 0.3) is 0 Å². The Balaban J connectivity index is 2.04. The van der Waals surface area contributed by atoms with Crippen molar-refractivity contribution in [2.45, 2.75) is 51.3 Å². The number of ether oxygens (including phenoxy) is 2. The summed E-state index contributed by atoms with van der Waals surface area (Å²) in [5.41, 5.74) is 1.07. The van der Waals surface area contributed by atoms with Gasteiger partial charge in [-0.2, -0.15) is 8.78 Å². The Labute approximate surface area is 118 Å². The predicted molar refractivity (Wildman–Crippen MR) is 73.3 cm³/mol. The molecule has 3 nitrogen and oxygen atoms in total. The SMILES string of the molecule is COc1ccc(CNC2(C)CCCC2)cc1OC(F)F. The molecule has 0 heterocycles. The minimum Gasteiger partial charge on any atom is -0.493 e. The molecular formula is C15H21F2NO2. The van der Waals surface area contributed by atoms with Gasteiger partial charge in [0.1, 0.15) is 0 Å². The molecule has 2 rings (SSSR count). The van der Waals surface area contributed by atoms with E-state index in [0.717, 1.165) is 18.4 Å².